The Balaban J connectivity index is 2.99. The van der Waals surface area contributed by atoms with Crippen LogP contribution in [0.3, 0.4) is 0 Å². The van der Waals surface area contributed by atoms with E-state index in [0.29, 0.717) is 6.61 Å². The lowest BCUT2D eigenvalue weighted by atomic mass is 10.0. The van der Waals surface area contributed by atoms with Crippen LogP contribution in [0, 0.1) is 0 Å². The summed E-state index contributed by atoms with van der Waals surface area (Å²) in [6.07, 6.45) is 6.02. The highest BCUT2D eigenvalue weighted by Gasteiger charge is 2.13. The van der Waals surface area contributed by atoms with E-state index in [1.165, 1.54) is 11.1 Å². The summed E-state index contributed by atoms with van der Waals surface area (Å²) in [6, 6.07) is 0. The van der Waals surface area contributed by atoms with Crippen molar-refractivity contribution in [3.8, 4) is 0 Å². The van der Waals surface area contributed by atoms with Gasteiger partial charge in [-0.3, -0.25) is 0 Å². The van der Waals surface area contributed by atoms with Gasteiger partial charge in [-0.1, -0.05) is 25.7 Å². The lowest BCUT2D eigenvalue weighted by Crippen LogP contribution is -2.07. The largest absolute Gasteiger partial charge is 0.489 e. The first-order valence-corrected chi connectivity index (χ1v) is 5.01. The van der Waals surface area contributed by atoms with Crippen LogP contribution < -0.4 is 0 Å². The zero-order valence-electron chi connectivity index (χ0n) is 9.10. The van der Waals surface area contributed by atoms with Gasteiger partial charge in [-0.05, 0) is 36.5 Å². The van der Waals surface area contributed by atoms with Crippen LogP contribution in [0.2, 0.25) is 0 Å². The van der Waals surface area contributed by atoms with Gasteiger partial charge in [0.2, 0.25) is 0 Å². The molecule has 0 aliphatic carbocycles. The summed E-state index contributed by atoms with van der Waals surface area (Å²) in [4.78, 5) is 0. The molecule has 0 fully saturated rings. The first kappa shape index (κ1) is 10.8. The van der Waals surface area contributed by atoms with Crippen LogP contribution in [0.5, 0.6) is 0 Å². The Hall–Kier alpha value is -1.24. The van der Waals surface area contributed by atoms with Crippen molar-refractivity contribution >= 4 is 0 Å². The van der Waals surface area contributed by atoms with E-state index in [4.69, 9.17) is 4.74 Å². The maximum Gasteiger partial charge on any atom is 0.125 e. The summed E-state index contributed by atoms with van der Waals surface area (Å²) in [7, 11) is 0. The summed E-state index contributed by atoms with van der Waals surface area (Å²) >= 11 is 0. The maximum atomic E-state index is 5.67. The minimum absolute atomic E-state index is 0.708. The minimum atomic E-state index is 0.708. The molecule has 0 radical (unpaired) electrons. The molecule has 0 aromatic heterocycles. The summed E-state index contributed by atoms with van der Waals surface area (Å²) in [5.41, 5.74) is 3.54. The molecule has 0 spiro atoms. The smallest absolute Gasteiger partial charge is 0.125 e. The summed E-state index contributed by atoms with van der Waals surface area (Å²) in [5.74, 6) is 0.946. The molecule has 1 heterocycles. The number of allylic oxidation sites excluding steroid dienone is 4. The maximum absolute atomic E-state index is 5.67. The van der Waals surface area contributed by atoms with Gasteiger partial charge in [0.25, 0.3) is 0 Å². The zero-order chi connectivity index (χ0) is 10.6. The molecule has 1 aliphatic heterocycles. The molecule has 0 aromatic rings. The third-order valence-corrected chi connectivity index (χ3v) is 2.28. The summed E-state index contributed by atoms with van der Waals surface area (Å²) in [5, 5.41) is 0. The molecule has 0 N–H and O–H groups in total. The van der Waals surface area contributed by atoms with Crippen LogP contribution in [-0.2, 0) is 4.74 Å². The second-order valence-corrected chi connectivity index (χ2v) is 3.57. The predicted molar refractivity (Wildman–Crippen MR) is 61.0 cm³/mol. The van der Waals surface area contributed by atoms with Crippen molar-refractivity contribution in [3.63, 3.8) is 0 Å². The molecule has 1 nitrogen and oxygen atoms in total. The van der Waals surface area contributed by atoms with Gasteiger partial charge in [0.15, 0.2) is 0 Å². The molecular formula is C13H18O. The SMILES string of the molecule is C=CCC1=C(C(=C)C)OCC(CC)=C1. The van der Waals surface area contributed by atoms with Gasteiger partial charge in [0, 0.05) is 0 Å². The fourth-order valence-corrected chi connectivity index (χ4v) is 1.52. The van der Waals surface area contributed by atoms with Crippen LogP contribution in [0.4, 0.5) is 0 Å². The molecular weight excluding hydrogens is 172 g/mol. The van der Waals surface area contributed by atoms with Crippen LogP contribution in [0.15, 0.2) is 47.8 Å². The Labute approximate surface area is 86.5 Å². The average molecular weight is 190 g/mol. The fourth-order valence-electron chi connectivity index (χ4n) is 1.52. The van der Waals surface area contributed by atoms with E-state index in [9.17, 15) is 0 Å². The van der Waals surface area contributed by atoms with Crippen LogP contribution >= 0.6 is 0 Å². The molecule has 14 heavy (non-hydrogen) atoms. The topological polar surface area (TPSA) is 9.23 Å². The van der Waals surface area contributed by atoms with Crippen molar-refractivity contribution in [3.05, 3.63) is 47.8 Å². The van der Waals surface area contributed by atoms with E-state index < -0.39 is 0 Å². The van der Waals surface area contributed by atoms with Gasteiger partial charge in [0.05, 0.1) is 0 Å². The fraction of sp³-hybridized carbons (Fsp3) is 0.385. The van der Waals surface area contributed by atoms with Gasteiger partial charge in [-0.2, -0.15) is 0 Å². The molecule has 0 amide bonds. The van der Waals surface area contributed by atoms with Crippen molar-refractivity contribution in [2.24, 2.45) is 0 Å². The lowest BCUT2D eigenvalue weighted by Gasteiger charge is -2.20. The molecule has 0 saturated carbocycles. The van der Waals surface area contributed by atoms with Crippen molar-refractivity contribution < 1.29 is 4.74 Å². The standard InChI is InChI=1S/C13H18O/c1-5-7-12-8-11(6-2)9-14-13(12)10(3)4/h5,8H,1,3,6-7,9H2,2,4H3. The van der Waals surface area contributed by atoms with Gasteiger partial charge < -0.3 is 4.74 Å². The van der Waals surface area contributed by atoms with Gasteiger partial charge in [0.1, 0.15) is 12.4 Å². The molecule has 0 bridgehead atoms. The van der Waals surface area contributed by atoms with E-state index in [0.717, 1.165) is 24.2 Å². The third kappa shape index (κ3) is 2.38. The molecule has 0 saturated heterocycles. The normalized spacial score (nSPS) is 16.0. The highest BCUT2D eigenvalue weighted by Crippen LogP contribution is 2.26. The molecule has 0 aromatic carbocycles. The number of ether oxygens (including phenoxy) is 1. The van der Waals surface area contributed by atoms with Crippen molar-refractivity contribution in [1.29, 1.82) is 0 Å². The third-order valence-electron chi connectivity index (χ3n) is 2.28. The summed E-state index contributed by atoms with van der Waals surface area (Å²) in [6.45, 7) is 12.5. The van der Waals surface area contributed by atoms with Crippen LogP contribution in [0.25, 0.3) is 0 Å². The zero-order valence-corrected chi connectivity index (χ0v) is 9.10. The van der Waals surface area contributed by atoms with E-state index in [-0.39, 0.29) is 0 Å². The Kier molecular flexibility index (Phi) is 3.75. The van der Waals surface area contributed by atoms with Gasteiger partial charge >= 0.3 is 0 Å². The van der Waals surface area contributed by atoms with Gasteiger partial charge in [-0.15, -0.1) is 6.58 Å². The Morgan fingerprint density at radius 1 is 1.64 bits per heavy atom. The number of hydrogen-bond donors (Lipinski definition) is 0. The second kappa shape index (κ2) is 4.85. The first-order valence-electron chi connectivity index (χ1n) is 5.01. The van der Waals surface area contributed by atoms with Crippen molar-refractivity contribution in [1.82, 2.24) is 0 Å². The Bertz CT molecular complexity index is 305. The number of hydrogen-bond acceptors (Lipinski definition) is 1. The van der Waals surface area contributed by atoms with Crippen LogP contribution in [0.1, 0.15) is 26.7 Å². The first-order chi connectivity index (χ1) is 6.69. The molecule has 0 atom stereocenters. The average Bonchev–Trinajstić information content (AvgIpc) is 2.17. The predicted octanol–water partition coefficient (Wildman–Crippen LogP) is 3.76. The quantitative estimate of drug-likeness (QED) is 0.613. The van der Waals surface area contributed by atoms with E-state index >= 15 is 0 Å². The van der Waals surface area contributed by atoms with E-state index in [1.807, 2.05) is 13.0 Å². The Morgan fingerprint density at radius 2 is 2.36 bits per heavy atom. The van der Waals surface area contributed by atoms with Crippen LogP contribution in [-0.4, -0.2) is 6.61 Å². The molecule has 76 valence electrons. The molecule has 1 rings (SSSR count). The van der Waals surface area contributed by atoms with Gasteiger partial charge in [-0.25, -0.2) is 0 Å². The lowest BCUT2D eigenvalue weighted by molar-refractivity contribution is 0.236. The minimum Gasteiger partial charge on any atom is -0.489 e. The second-order valence-electron chi connectivity index (χ2n) is 3.57. The highest BCUT2D eigenvalue weighted by atomic mass is 16.5. The molecule has 1 heteroatoms. The molecule has 0 unspecified atom stereocenters. The van der Waals surface area contributed by atoms with E-state index in [2.05, 4.69) is 26.2 Å². The van der Waals surface area contributed by atoms with E-state index in [1.54, 1.807) is 0 Å². The monoisotopic (exact) mass is 190 g/mol. The molecule has 1 aliphatic rings. The van der Waals surface area contributed by atoms with Crippen molar-refractivity contribution in [2.75, 3.05) is 6.61 Å². The van der Waals surface area contributed by atoms with Crippen molar-refractivity contribution in [2.45, 2.75) is 26.7 Å². The number of rotatable bonds is 4. The highest BCUT2D eigenvalue weighted by molar-refractivity contribution is 5.39. The Morgan fingerprint density at radius 3 is 2.86 bits per heavy atom. The summed E-state index contributed by atoms with van der Waals surface area (Å²) < 4.78 is 5.67.